The van der Waals surface area contributed by atoms with Gasteiger partial charge in [-0.15, -0.1) is 11.3 Å². The molecule has 1 aromatic heterocycles. The Morgan fingerprint density at radius 2 is 1.56 bits per heavy atom. The Balaban J connectivity index is 2.11. The highest BCUT2D eigenvalue weighted by Gasteiger charge is 2.16. The largest absolute Gasteiger partial charge is 0.302 e. The highest BCUT2D eigenvalue weighted by atomic mass is 32.1. The highest BCUT2D eigenvalue weighted by Crippen LogP contribution is 2.36. The van der Waals surface area contributed by atoms with Crippen molar-refractivity contribution in [1.82, 2.24) is 9.80 Å². The number of likely N-dealkylation sites (N-methyl/N-ethyl adjacent to an activating group) is 2. The molecule has 0 spiro atoms. The van der Waals surface area contributed by atoms with Gasteiger partial charge < -0.3 is 9.80 Å². The lowest BCUT2D eigenvalue weighted by Gasteiger charge is -2.09. The molecule has 0 aliphatic carbocycles. The Kier molecular flexibility index (Phi) is 4.99. The fourth-order valence-corrected chi connectivity index (χ4v) is 4.16. The number of rotatable bonds is 6. The van der Waals surface area contributed by atoms with E-state index in [1.54, 1.807) is 11.3 Å². The number of nitrogens with zero attached hydrogens (tertiary/aromatic N) is 2. The molecule has 0 atom stereocenters. The average molecular weight is 354 g/mol. The standard InChI is InChI=1S/C20H22N2O2S/c1-21(2)11-17(23)13-8-9-19-16(10-13)14-6-5-7-15(20(14)25-19)18(24)12-22(3)4/h5-10H,11-12H2,1-4H3. The van der Waals surface area contributed by atoms with E-state index in [4.69, 9.17) is 0 Å². The van der Waals surface area contributed by atoms with Crippen LogP contribution in [0.4, 0.5) is 0 Å². The predicted octanol–water partition coefficient (Wildman–Crippen LogP) is 3.54. The maximum atomic E-state index is 12.5. The minimum absolute atomic E-state index is 0.103. The molecule has 0 unspecified atom stereocenters. The smallest absolute Gasteiger partial charge is 0.178 e. The maximum Gasteiger partial charge on any atom is 0.178 e. The van der Waals surface area contributed by atoms with Gasteiger partial charge in [0.1, 0.15) is 0 Å². The molecule has 0 N–H and O–H groups in total. The number of ketones is 2. The third-order valence-corrected chi connectivity index (χ3v) is 5.26. The van der Waals surface area contributed by atoms with Gasteiger partial charge in [0.2, 0.25) is 0 Å². The fraction of sp³-hybridized carbons (Fsp3) is 0.300. The van der Waals surface area contributed by atoms with Crippen molar-refractivity contribution < 1.29 is 9.59 Å². The van der Waals surface area contributed by atoms with Crippen molar-refractivity contribution in [2.45, 2.75) is 0 Å². The summed E-state index contributed by atoms with van der Waals surface area (Å²) >= 11 is 1.62. The van der Waals surface area contributed by atoms with E-state index in [-0.39, 0.29) is 11.6 Å². The first-order valence-electron chi connectivity index (χ1n) is 8.18. The first-order valence-corrected chi connectivity index (χ1v) is 8.99. The van der Waals surface area contributed by atoms with Gasteiger partial charge in [-0.1, -0.05) is 12.1 Å². The molecule has 3 aromatic rings. The monoisotopic (exact) mass is 354 g/mol. The molecule has 0 radical (unpaired) electrons. The van der Waals surface area contributed by atoms with E-state index in [1.807, 2.05) is 74.4 Å². The van der Waals surface area contributed by atoms with Crippen molar-refractivity contribution in [3.8, 4) is 0 Å². The minimum Gasteiger partial charge on any atom is -0.302 e. The first kappa shape index (κ1) is 17.7. The molecule has 0 aliphatic heterocycles. The molecule has 3 rings (SSSR count). The van der Waals surface area contributed by atoms with Gasteiger partial charge in [0.15, 0.2) is 11.6 Å². The van der Waals surface area contributed by atoms with Gasteiger partial charge in [0.05, 0.1) is 13.1 Å². The van der Waals surface area contributed by atoms with Crippen molar-refractivity contribution in [3.05, 3.63) is 47.5 Å². The maximum absolute atomic E-state index is 12.5. The summed E-state index contributed by atoms with van der Waals surface area (Å²) < 4.78 is 2.10. The number of carbonyl (C=O) groups is 2. The van der Waals surface area contributed by atoms with Crippen LogP contribution in [0.25, 0.3) is 20.2 Å². The van der Waals surface area contributed by atoms with Crippen LogP contribution in [0, 0.1) is 0 Å². The number of Topliss-reactive ketones (excluding diaryl/α,β-unsaturated/α-hetero) is 2. The van der Waals surface area contributed by atoms with Crippen molar-refractivity contribution in [3.63, 3.8) is 0 Å². The van der Waals surface area contributed by atoms with Crippen LogP contribution >= 0.6 is 11.3 Å². The zero-order valence-electron chi connectivity index (χ0n) is 15.0. The molecule has 2 aromatic carbocycles. The number of hydrogen-bond donors (Lipinski definition) is 0. The van der Waals surface area contributed by atoms with Crippen LogP contribution in [0.1, 0.15) is 20.7 Å². The summed E-state index contributed by atoms with van der Waals surface area (Å²) in [6.07, 6.45) is 0. The molecule has 0 aliphatic rings. The van der Waals surface area contributed by atoms with E-state index in [1.165, 1.54) is 0 Å². The summed E-state index contributed by atoms with van der Waals surface area (Å²) in [6.45, 7) is 0.778. The third kappa shape index (κ3) is 3.63. The molecule has 0 bridgehead atoms. The van der Waals surface area contributed by atoms with Gasteiger partial charge >= 0.3 is 0 Å². The second-order valence-corrected chi connectivity index (χ2v) is 7.87. The fourth-order valence-electron chi connectivity index (χ4n) is 2.94. The van der Waals surface area contributed by atoms with Gasteiger partial charge in [-0.05, 0) is 52.5 Å². The Bertz CT molecular complexity index is 957. The Morgan fingerprint density at radius 3 is 2.24 bits per heavy atom. The molecule has 0 fully saturated rings. The lowest BCUT2D eigenvalue weighted by molar-refractivity contribution is 0.0950. The summed E-state index contributed by atoms with van der Waals surface area (Å²) in [5, 5.41) is 2.09. The number of benzene rings is 2. The lowest BCUT2D eigenvalue weighted by atomic mass is 10.0. The van der Waals surface area contributed by atoms with Crippen LogP contribution in [0.2, 0.25) is 0 Å². The van der Waals surface area contributed by atoms with E-state index >= 15 is 0 Å². The lowest BCUT2D eigenvalue weighted by Crippen LogP contribution is -2.21. The minimum atomic E-state index is 0.103. The van der Waals surface area contributed by atoms with Gasteiger partial charge in [-0.25, -0.2) is 0 Å². The van der Waals surface area contributed by atoms with E-state index in [2.05, 4.69) is 0 Å². The van der Waals surface area contributed by atoms with Gasteiger partial charge in [0.25, 0.3) is 0 Å². The second kappa shape index (κ2) is 7.04. The summed E-state index contributed by atoms with van der Waals surface area (Å²) in [7, 11) is 7.56. The van der Waals surface area contributed by atoms with Crippen molar-refractivity contribution in [2.75, 3.05) is 41.3 Å². The van der Waals surface area contributed by atoms with E-state index < -0.39 is 0 Å². The Hall–Kier alpha value is -2.08. The number of thiophene rings is 1. The summed E-state index contributed by atoms with van der Waals surface area (Å²) in [5.74, 6) is 0.220. The highest BCUT2D eigenvalue weighted by molar-refractivity contribution is 7.26. The molecule has 0 saturated carbocycles. The summed E-state index contributed by atoms with van der Waals surface area (Å²) in [4.78, 5) is 28.7. The zero-order valence-corrected chi connectivity index (χ0v) is 15.8. The Labute approximate surface area is 151 Å². The van der Waals surface area contributed by atoms with Crippen LogP contribution in [0.5, 0.6) is 0 Å². The number of hydrogen-bond acceptors (Lipinski definition) is 5. The molecule has 5 heteroatoms. The molecule has 4 nitrogen and oxygen atoms in total. The Morgan fingerprint density at radius 1 is 0.880 bits per heavy atom. The van der Waals surface area contributed by atoms with Gasteiger partial charge in [0, 0.05) is 31.3 Å². The number of fused-ring (bicyclic) bond motifs is 3. The average Bonchev–Trinajstić information content (AvgIpc) is 2.91. The number of carbonyl (C=O) groups excluding carboxylic acids is 2. The molecule has 1 heterocycles. The molecule has 0 amide bonds. The van der Waals surface area contributed by atoms with Gasteiger partial charge in [-0.3, -0.25) is 9.59 Å². The van der Waals surface area contributed by atoms with Crippen molar-refractivity contribution in [2.24, 2.45) is 0 Å². The van der Waals surface area contributed by atoms with E-state index in [0.29, 0.717) is 18.7 Å². The second-order valence-electron chi connectivity index (χ2n) is 6.82. The van der Waals surface area contributed by atoms with Crippen LogP contribution in [-0.2, 0) is 0 Å². The zero-order chi connectivity index (χ0) is 18.1. The normalized spacial score (nSPS) is 11.8. The van der Waals surface area contributed by atoms with Crippen LogP contribution < -0.4 is 0 Å². The van der Waals surface area contributed by atoms with Crippen LogP contribution in [-0.4, -0.2) is 62.6 Å². The molecule has 25 heavy (non-hydrogen) atoms. The van der Waals surface area contributed by atoms with Crippen molar-refractivity contribution in [1.29, 1.82) is 0 Å². The summed E-state index contributed by atoms with van der Waals surface area (Å²) in [5.41, 5.74) is 1.47. The molecule has 130 valence electrons. The van der Waals surface area contributed by atoms with E-state index in [9.17, 15) is 9.59 Å². The predicted molar refractivity (Wildman–Crippen MR) is 105 cm³/mol. The first-order chi connectivity index (χ1) is 11.9. The summed E-state index contributed by atoms with van der Waals surface area (Å²) in [6, 6.07) is 11.7. The van der Waals surface area contributed by atoms with E-state index in [0.717, 1.165) is 25.7 Å². The van der Waals surface area contributed by atoms with Gasteiger partial charge in [-0.2, -0.15) is 0 Å². The third-order valence-electron chi connectivity index (χ3n) is 4.04. The van der Waals surface area contributed by atoms with Crippen LogP contribution in [0.15, 0.2) is 36.4 Å². The van der Waals surface area contributed by atoms with Crippen molar-refractivity contribution >= 4 is 43.1 Å². The molecular weight excluding hydrogens is 332 g/mol. The van der Waals surface area contributed by atoms with Crippen LogP contribution in [0.3, 0.4) is 0 Å². The molecular formula is C20H22N2O2S. The SMILES string of the molecule is CN(C)CC(=O)c1ccc2sc3c(C(=O)CN(C)C)cccc3c2c1. The topological polar surface area (TPSA) is 40.6 Å². The quantitative estimate of drug-likeness (QED) is 0.635. The molecule has 0 saturated heterocycles.